The number of nitrogens with two attached hydrogens (primary N) is 3. The zero-order chi connectivity index (χ0) is 57.0. The van der Waals surface area contributed by atoms with Crippen LogP contribution in [0, 0.1) is 5.41 Å². The van der Waals surface area contributed by atoms with Gasteiger partial charge in [-0.3, -0.25) is 32.0 Å². The molecule has 3 aliphatic rings. The van der Waals surface area contributed by atoms with Crippen LogP contribution in [0.15, 0.2) is 38.0 Å². The van der Waals surface area contributed by atoms with E-state index in [2.05, 4.69) is 49.4 Å². The van der Waals surface area contributed by atoms with Crippen LogP contribution >= 0.6 is 31.3 Å². The number of aliphatic hydroxyl groups is 6. The first kappa shape index (κ1) is 58.8. The number of hydrogen-bond donors (Lipinski definition) is 10. The highest BCUT2D eigenvalue weighted by molar-refractivity contribution is 7.46. The Morgan fingerprint density at radius 3 is 1.01 bits per heavy atom. The van der Waals surface area contributed by atoms with Crippen LogP contribution in [0.1, 0.15) is 18.7 Å². The molecule has 13 N–H and O–H groups in total. The Morgan fingerprint density at radius 1 is 0.456 bits per heavy atom. The largest absolute Gasteiger partial charge is 0.756 e. The van der Waals surface area contributed by atoms with Crippen molar-refractivity contribution in [3.63, 3.8) is 0 Å². The molecule has 3 aliphatic heterocycles. The Kier molecular flexibility index (Phi) is 17.0. The quantitative estimate of drug-likeness (QED) is 0.0252. The first-order valence-electron chi connectivity index (χ1n) is 22.5. The molecule has 17 atom stereocenters. The van der Waals surface area contributed by atoms with Crippen LogP contribution < -0.4 is 36.8 Å². The lowest BCUT2D eigenvalue weighted by atomic mass is 9.93. The predicted molar refractivity (Wildman–Crippen MR) is 244 cm³/mol. The average Bonchev–Trinajstić information content (AvgIpc) is 4.40. The number of ether oxygens (including phenoxy) is 3. The molecule has 3 saturated heterocycles. The lowest BCUT2D eigenvalue weighted by Crippen LogP contribution is -2.42. The maximum Gasteiger partial charge on any atom is 0.267 e. The van der Waals surface area contributed by atoms with Crippen LogP contribution in [0.4, 0.5) is 17.5 Å². The maximum atomic E-state index is 13.4. The predicted octanol–water partition coefficient (Wildman–Crippen LogP) is -6.92. The minimum Gasteiger partial charge on any atom is -0.756 e. The van der Waals surface area contributed by atoms with Gasteiger partial charge in [-0.1, -0.05) is 0 Å². The van der Waals surface area contributed by atoms with Crippen LogP contribution in [0.3, 0.4) is 0 Å². The standard InChI is InChI=1S/C35H49N15O25P4/c36-26-17-29(42-8-39-26)48(11-45-17)32-23(54)20(51)14(73-32)1-66-77(60,61)70-5-35(4-69-76(57,58)59,6-71-78(62,63)67-2-15-21(52)24(55)33(74-15)49-12-46-18-27(37)40-9-43-30(18)49)7-72-79(64,65)68-3-16-22(53)25(56)34(75-16)50-13-47-19-28(38)41-10-44-31(19)50/h8-16,20-25,32-34,51-56H,1-7H2,(H,60,61)(H,62,63)(H,64,65)(H2,36,39,42)(H2,37,40,43)(H2,38,41,44)(H2,57,58,59)/p-4/t14-,15?,16?,20-,21-,22+,23-,24-,25+,32?,33-,34?,35?/m1/s1. The third-order valence-corrected chi connectivity index (χ3v) is 15.5. The van der Waals surface area contributed by atoms with Crippen molar-refractivity contribution >= 4 is 82.2 Å². The molecule has 0 radical (unpaired) electrons. The molecular formula is C35H45N15O25P4-4. The Hall–Kier alpha value is -4.87. The fraction of sp³-hybridized carbons (Fsp3) is 0.571. The number of nitrogen functional groups attached to an aromatic ring is 3. The SMILES string of the molecule is Nc1ncnc2c1ncn2C1OC(COP(=O)([O-])OCC(COP(=O)([O-])O)(COP(=O)([O-])OCC2O[C@@H](n3cnc4c(N)ncnc43)[C@H](O)[C@@H]2O)COP(=O)([O-])OC[C@H]2OC(n3cnc4c(N)ncnc43)[C@H](O)[C@@H]2O)[C@H](O)[C@@H]1O. The molecule has 44 heteroatoms. The van der Waals surface area contributed by atoms with E-state index in [4.69, 9.17) is 58.6 Å². The van der Waals surface area contributed by atoms with Crippen LogP contribution in [0.25, 0.3) is 33.5 Å². The Morgan fingerprint density at radius 2 is 0.734 bits per heavy atom. The lowest BCUT2D eigenvalue weighted by molar-refractivity contribution is -0.242. The molecule has 0 saturated carbocycles. The first-order valence-corrected chi connectivity index (χ1v) is 28.4. The normalized spacial score (nSPS) is 30.4. The number of imidazole rings is 3. The summed E-state index contributed by atoms with van der Waals surface area (Å²) in [7, 11) is -23.5. The molecule has 9 rings (SSSR count). The van der Waals surface area contributed by atoms with Gasteiger partial charge in [0.25, 0.3) is 31.3 Å². The van der Waals surface area contributed by atoms with Crippen molar-refractivity contribution in [3.8, 4) is 0 Å². The number of hydrogen-bond acceptors (Lipinski definition) is 36. The van der Waals surface area contributed by atoms with E-state index in [-0.39, 0.29) is 50.9 Å². The van der Waals surface area contributed by atoms with E-state index >= 15 is 0 Å². The van der Waals surface area contributed by atoms with Gasteiger partial charge in [0, 0.05) is 0 Å². The van der Waals surface area contributed by atoms with E-state index < -0.39 is 157 Å². The van der Waals surface area contributed by atoms with Crippen LogP contribution in [-0.2, 0) is 64.1 Å². The second-order valence-corrected chi connectivity index (χ2v) is 23.1. The van der Waals surface area contributed by atoms with Gasteiger partial charge >= 0.3 is 0 Å². The van der Waals surface area contributed by atoms with Gasteiger partial charge in [0.1, 0.15) is 90.5 Å². The molecule has 0 spiro atoms. The summed E-state index contributed by atoms with van der Waals surface area (Å²) in [5, 5.41) is 64.9. The maximum absolute atomic E-state index is 13.4. The number of phosphoric ester groups is 4. The van der Waals surface area contributed by atoms with Crippen molar-refractivity contribution in [1.82, 2.24) is 58.6 Å². The molecular weight excluding hydrogens is 1150 g/mol. The third kappa shape index (κ3) is 12.8. The molecule has 0 aromatic carbocycles. The van der Waals surface area contributed by atoms with Gasteiger partial charge in [-0.05, 0) is 0 Å². The average molecular weight is 1200 g/mol. The summed E-state index contributed by atoms with van der Waals surface area (Å²) < 4.78 is 106. The van der Waals surface area contributed by atoms with Crippen molar-refractivity contribution < 1.29 is 119 Å². The molecule has 40 nitrogen and oxygen atoms in total. The number of phosphoric acid groups is 4. The van der Waals surface area contributed by atoms with Crippen molar-refractivity contribution in [2.75, 3.05) is 63.4 Å². The number of rotatable bonds is 24. The molecule has 6 aromatic rings. The van der Waals surface area contributed by atoms with Crippen molar-refractivity contribution in [1.29, 1.82) is 0 Å². The summed E-state index contributed by atoms with van der Waals surface area (Å²) in [6, 6.07) is 0. The molecule has 79 heavy (non-hydrogen) atoms. The Balaban J connectivity index is 0.901. The van der Waals surface area contributed by atoms with Crippen LogP contribution in [0.2, 0.25) is 0 Å². The highest BCUT2D eigenvalue weighted by Crippen LogP contribution is 2.49. The Bertz CT molecular complexity index is 3040. The van der Waals surface area contributed by atoms with Crippen LogP contribution in [-0.4, -0.2) is 195 Å². The molecule has 3 fully saturated rings. The van der Waals surface area contributed by atoms with Gasteiger partial charge in [-0.25, -0.2) is 44.9 Å². The summed E-state index contributed by atoms with van der Waals surface area (Å²) in [6.45, 7) is -9.96. The Labute approximate surface area is 439 Å². The zero-order valence-electron chi connectivity index (χ0n) is 39.7. The fourth-order valence-corrected chi connectivity index (χ4v) is 11.1. The van der Waals surface area contributed by atoms with E-state index in [9.17, 15) is 73.4 Å². The number of fused-ring (bicyclic) bond motifs is 3. The number of aliphatic hydroxyl groups excluding tert-OH is 6. The van der Waals surface area contributed by atoms with E-state index in [1.807, 2.05) is 0 Å². The van der Waals surface area contributed by atoms with Crippen molar-refractivity contribution in [2.45, 2.75) is 73.6 Å². The van der Waals surface area contributed by atoms with Crippen molar-refractivity contribution in [3.05, 3.63) is 38.0 Å². The molecule has 9 heterocycles. The monoisotopic (exact) mass is 1200 g/mol. The first-order chi connectivity index (χ1) is 37.2. The van der Waals surface area contributed by atoms with Crippen molar-refractivity contribution in [2.24, 2.45) is 5.41 Å². The molecule has 6 aromatic heterocycles. The van der Waals surface area contributed by atoms with Gasteiger partial charge in [-0.2, -0.15) is 0 Å². The molecule has 0 bridgehead atoms. The highest BCUT2D eigenvalue weighted by atomic mass is 31.2. The zero-order valence-corrected chi connectivity index (χ0v) is 43.3. The van der Waals surface area contributed by atoms with E-state index in [0.717, 1.165) is 51.7 Å². The second-order valence-electron chi connectivity index (χ2n) is 17.7. The lowest BCUT2D eigenvalue weighted by Gasteiger charge is -2.39. The highest BCUT2D eigenvalue weighted by Gasteiger charge is 2.48. The minimum atomic E-state index is -5.93. The van der Waals surface area contributed by atoms with Gasteiger partial charge in [0.05, 0.1) is 70.6 Å². The minimum absolute atomic E-state index is 0.0368. The van der Waals surface area contributed by atoms with Gasteiger partial charge in [0.15, 0.2) is 53.1 Å². The molecule has 9 unspecified atom stereocenters. The molecule has 0 aliphatic carbocycles. The topological polar surface area (TPSA) is 603 Å². The summed E-state index contributed by atoms with van der Waals surface area (Å²) in [5.41, 5.74) is 14.9. The molecule has 434 valence electrons. The summed E-state index contributed by atoms with van der Waals surface area (Å²) in [6.07, 6.45) is -13.9. The van der Waals surface area contributed by atoms with Gasteiger partial charge in [0.2, 0.25) is 0 Å². The van der Waals surface area contributed by atoms with Gasteiger partial charge < -0.3 is 118 Å². The smallest absolute Gasteiger partial charge is 0.267 e. The van der Waals surface area contributed by atoms with E-state index in [1.54, 1.807) is 0 Å². The summed E-state index contributed by atoms with van der Waals surface area (Å²) >= 11 is 0. The third-order valence-electron chi connectivity index (χ3n) is 12.3. The van der Waals surface area contributed by atoms with Gasteiger partial charge in [-0.15, -0.1) is 0 Å². The molecule has 0 amide bonds. The second kappa shape index (κ2) is 22.8. The van der Waals surface area contributed by atoms with E-state index in [0.29, 0.717) is 0 Å². The van der Waals surface area contributed by atoms with E-state index in [1.165, 1.54) is 0 Å². The van der Waals surface area contributed by atoms with Crippen LogP contribution in [0.5, 0.6) is 0 Å². The summed E-state index contributed by atoms with van der Waals surface area (Å²) in [4.78, 5) is 97.3. The number of nitrogens with zero attached hydrogens (tertiary/aromatic N) is 12. The fourth-order valence-electron chi connectivity index (χ4n) is 8.18. The number of anilines is 3. The number of aromatic nitrogens is 12. The summed E-state index contributed by atoms with van der Waals surface area (Å²) in [5.74, 6) is -0.166.